The van der Waals surface area contributed by atoms with Crippen molar-refractivity contribution in [2.75, 3.05) is 6.61 Å². The van der Waals surface area contributed by atoms with E-state index in [9.17, 15) is 36.2 Å². The van der Waals surface area contributed by atoms with Crippen LogP contribution in [0.3, 0.4) is 0 Å². The first-order valence-electron chi connectivity index (χ1n) is 9.82. The molecule has 5 nitrogen and oxygen atoms in total. The van der Waals surface area contributed by atoms with E-state index in [0.29, 0.717) is 11.0 Å². The molecule has 12 heteroatoms. The van der Waals surface area contributed by atoms with E-state index in [4.69, 9.17) is 0 Å². The number of hydrogen-bond donors (Lipinski definition) is 1. The highest BCUT2D eigenvalue weighted by Crippen LogP contribution is 2.47. The topological polar surface area (TPSA) is 72.3 Å². The third-order valence-electron chi connectivity index (χ3n) is 5.33. The van der Waals surface area contributed by atoms with Crippen molar-refractivity contribution in [2.24, 2.45) is 5.92 Å². The first-order chi connectivity index (χ1) is 15.4. The SMILES string of the molecule is O=C(O)[C@@H](CC1CC1)c1cc(OCC(F)(F)F)c(C(F)(F)F)c(-c2ccc3nsnc3c2)c1. The number of carboxylic acids is 1. The lowest BCUT2D eigenvalue weighted by molar-refractivity contribution is -0.158. The van der Waals surface area contributed by atoms with Gasteiger partial charge in [-0.05, 0) is 53.3 Å². The van der Waals surface area contributed by atoms with Crippen molar-refractivity contribution in [3.63, 3.8) is 0 Å². The van der Waals surface area contributed by atoms with Crippen LogP contribution in [-0.4, -0.2) is 32.6 Å². The number of benzene rings is 2. The van der Waals surface area contributed by atoms with Crippen LogP contribution in [0.2, 0.25) is 0 Å². The second-order valence-corrected chi connectivity index (χ2v) is 8.41. The van der Waals surface area contributed by atoms with E-state index in [1.54, 1.807) is 0 Å². The van der Waals surface area contributed by atoms with Crippen molar-refractivity contribution in [1.29, 1.82) is 0 Å². The maximum Gasteiger partial charge on any atom is 0.422 e. The van der Waals surface area contributed by atoms with Gasteiger partial charge in [-0.25, -0.2) is 0 Å². The zero-order valence-electron chi connectivity index (χ0n) is 16.7. The van der Waals surface area contributed by atoms with Crippen LogP contribution in [-0.2, 0) is 11.0 Å². The first-order valence-corrected chi connectivity index (χ1v) is 10.6. The maximum absolute atomic E-state index is 14.1. The summed E-state index contributed by atoms with van der Waals surface area (Å²) in [6.07, 6.45) is -8.19. The lowest BCUT2D eigenvalue weighted by Crippen LogP contribution is -2.22. The smallest absolute Gasteiger partial charge is 0.422 e. The van der Waals surface area contributed by atoms with Crippen LogP contribution >= 0.6 is 11.7 Å². The third kappa shape index (κ3) is 5.37. The largest absolute Gasteiger partial charge is 0.483 e. The fraction of sp³-hybridized carbons (Fsp3) is 0.381. The van der Waals surface area contributed by atoms with Gasteiger partial charge >= 0.3 is 18.3 Å². The minimum atomic E-state index is -5.07. The zero-order chi connectivity index (χ0) is 24.0. The molecule has 1 heterocycles. The molecule has 176 valence electrons. The molecule has 2 aromatic carbocycles. The van der Waals surface area contributed by atoms with Gasteiger partial charge in [0.2, 0.25) is 0 Å². The Morgan fingerprint density at radius 3 is 2.39 bits per heavy atom. The van der Waals surface area contributed by atoms with Crippen LogP contribution < -0.4 is 4.74 Å². The van der Waals surface area contributed by atoms with Crippen molar-refractivity contribution in [3.8, 4) is 16.9 Å². The van der Waals surface area contributed by atoms with Gasteiger partial charge in [0.15, 0.2) is 6.61 Å². The number of fused-ring (bicyclic) bond motifs is 1. The van der Waals surface area contributed by atoms with Crippen LogP contribution in [0, 0.1) is 5.92 Å². The summed E-state index contributed by atoms with van der Waals surface area (Å²) in [5.74, 6) is -3.41. The van der Waals surface area contributed by atoms with Crippen molar-refractivity contribution >= 4 is 28.7 Å². The van der Waals surface area contributed by atoms with E-state index < -0.39 is 47.7 Å². The molecule has 0 saturated heterocycles. The lowest BCUT2D eigenvalue weighted by Gasteiger charge is -2.22. The fourth-order valence-electron chi connectivity index (χ4n) is 3.65. The number of aliphatic carboxylic acids is 1. The Morgan fingerprint density at radius 1 is 1.09 bits per heavy atom. The van der Waals surface area contributed by atoms with E-state index in [0.717, 1.165) is 36.7 Å². The number of alkyl halides is 6. The Hall–Kier alpha value is -2.89. The van der Waals surface area contributed by atoms with E-state index in [2.05, 4.69) is 13.5 Å². The van der Waals surface area contributed by atoms with Gasteiger partial charge in [0.05, 0.1) is 17.6 Å². The number of halogens is 6. The average Bonchev–Trinajstić information content (AvgIpc) is 3.42. The molecular weight excluding hydrogens is 474 g/mol. The van der Waals surface area contributed by atoms with Crippen LogP contribution in [0.1, 0.15) is 36.3 Å². The Bertz CT molecular complexity index is 1190. The Labute approximate surface area is 187 Å². The molecule has 1 N–H and O–H groups in total. The van der Waals surface area contributed by atoms with Crippen molar-refractivity contribution in [2.45, 2.75) is 37.5 Å². The molecule has 3 aromatic rings. The molecular formula is C21H16F6N2O3S. The van der Waals surface area contributed by atoms with Gasteiger partial charge < -0.3 is 9.84 Å². The van der Waals surface area contributed by atoms with E-state index in [-0.39, 0.29) is 23.5 Å². The maximum atomic E-state index is 14.1. The van der Waals surface area contributed by atoms with Gasteiger partial charge in [-0.15, -0.1) is 0 Å². The minimum Gasteiger partial charge on any atom is -0.483 e. The fourth-order valence-corrected chi connectivity index (χ4v) is 4.16. The summed E-state index contributed by atoms with van der Waals surface area (Å²) >= 11 is 0.857. The van der Waals surface area contributed by atoms with Crippen molar-refractivity contribution < 1.29 is 41.0 Å². The molecule has 33 heavy (non-hydrogen) atoms. The van der Waals surface area contributed by atoms with Gasteiger partial charge in [-0.3, -0.25) is 4.79 Å². The highest BCUT2D eigenvalue weighted by atomic mass is 32.1. The van der Waals surface area contributed by atoms with Gasteiger partial charge in [0.1, 0.15) is 22.3 Å². The summed E-state index contributed by atoms with van der Waals surface area (Å²) in [6.45, 7) is -1.95. The molecule has 0 aliphatic heterocycles. The molecule has 1 aliphatic carbocycles. The number of nitrogens with zero attached hydrogens (tertiary/aromatic N) is 2. The van der Waals surface area contributed by atoms with E-state index >= 15 is 0 Å². The summed E-state index contributed by atoms with van der Waals surface area (Å²) in [7, 11) is 0. The molecule has 0 radical (unpaired) electrons. The average molecular weight is 490 g/mol. The Kier molecular flexibility index (Phi) is 5.97. The molecule has 0 bridgehead atoms. The molecule has 4 rings (SSSR count). The number of rotatable bonds is 7. The molecule has 1 fully saturated rings. The molecule has 1 aliphatic rings. The monoisotopic (exact) mass is 490 g/mol. The number of carboxylic acid groups (broad SMARTS) is 1. The third-order valence-corrected chi connectivity index (χ3v) is 5.89. The lowest BCUT2D eigenvalue weighted by atomic mass is 9.88. The van der Waals surface area contributed by atoms with Crippen LogP contribution in [0.15, 0.2) is 30.3 Å². The first kappa shape index (κ1) is 23.3. The van der Waals surface area contributed by atoms with Crippen molar-refractivity contribution in [3.05, 3.63) is 41.5 Å². The molecule has 1 atom stereocenters. The molecule has 1 saturated carbocycles. The summed E-state index contributed by atoms with van der Waals surface area (Å²) in [5, 5.41) is 9.70. The molecule has 0 unspecified atom stereocenters. The second-order valence-electron chi connectivity index (χ2n) is 7.88. The highest BCUT2D eigenvalue weighted by Gasteiger charge is 2.41. The number of carbonyl (C=O) groups is 1. The highest BCUT2D eigenvalue weighted by molar-refractivity contribution is 7.00. The predicted molar refractivity (Wildman–Crippen MR) is 107 cm³/mol. The molecule has 0 amide bonds. The number of ether oxygens (including phenoxy) is 1. The minimum absolute atomic E-state index is 0.0109. The van der Waals surface area contributed by atoms with Gasteiger partial charge in [-0.2, -0.15) is 35.1 Å². The summed E-state index contributed by atoms with van der Waals surface area (Å²) in [6, 6.07) is 5.95. The normalized spacial score (nSPS) is 15.6. The van der Waals surface area contributed by atoms with Crippen LogP contribution in [0.25, 0.3) is 22.2 Å². The second kappa shape index (κ2) is 8.47. The van der Waals surface area contributed by atoms with Crippen LogP contribution in [0.4, 0.5) is 26.3 Å². The summed E-state index contributed by atoms with van der Waals surface area (Å²) in [5.41, 5.74) is -1.17. The Morgan fingerprint density at radius 2 is 1.79 bits per heavy atom. The van der Waals surface area contributed by atoms with E-state index in [1.807, 2.05) is 0 Å². The summed E-state index contributed by atoms with van der Waals surface area (Å²) < 4.78 is 93.2. The quantitative estimate of drug-likeness (QED) is 0.395. The number of aromatic nitrogens is 2. The Balaban J connectivity index is 1.92. The summed E-state index contributed by atoms with van der Waals surface area (Å²) in [4.78, 5) is 11.9. The molecule has 1 aromatic heterocycles. The van der Waals surface area contributed by atoms with Gasteiger partial charge in [0.25, 0.3) is 0 Å². The van der Waals surface area contributed by atoms with Crippen molar-refractivity contribution in [1.82, 2.24) is 8.75 Å². The van der Waals surface area contributed by atoms with Crippen LogP contribution in [0.5, 0.6) is 5.75 Å². The van der Waals surface area contributed by atoms with E-state index in [1.165, 1.54) is 18.2 Å². The zero-order valence-corrected chi connectivity index (χ0v) is 17.5. The van der Waals surface area contributed by atoms with Gasteiger partial charge in [0, 0.05) is 0 Å². The number of hydrogen-bond acceptors (Lipinski definition) is 5. The van der Waals surface area contributed by atoms with Gasteiger partial charge in [-0.1, -0.05) is 18.9 Å². The predicted octanol–water partition coefficient (Wildman–Crippen LogP) is 6.29. The standard InChI is InChI=1S/C21H16F6N2O3S/c22-20(23,24)9-32-17-8-12(14(19(30)31)5-10-1-2-10)6-13(18(17)21(25,26)27)11-3-4-15-16(7-11)29-33-28-15/h3-4,6-8,10,14H,1-2,5,9H2,(H,30,31)/t14-/m0/s1. The molecule has 0 spiro atoms.